The van der Waals surface area contributed by atoms with E-state index in [2.05, 4.69) is 30.4 Å². The number of H-pyrrole nitrogens is 1. The van der Waals surface area contributed by atoms with Crippen LogP contribution in [0.4, 0.5) is 13.2 Å². The maximum absolute atomic E-state index is 12.9. The number of benzene rings is 1. The molecule has 3 heterocycles. The minimum atomic E-state index is -4.47. The Morgan fingerprint density at radius 1 is 1.28 bits per heavy atom. The first-order chi connectivity index (χ1) is 15.2. The largest absolute Gasteiger partial charge is 0.480 e. The quantitative estimate of drug-likeness (QED) is 0.453. The molecule has 13 heteroatoms. The van der Waals surface area contributed by atoms with Crippen molar-refractivity contribution in [2.75, 3.05) is 7.11 Å². The van der Waals surface area contributed by atoms with Gasteiger partial charge in [0.1, 0.15) is 17.0 Å². The average Bonchev–Trinajstić information content (AvgIpc) is 3.39. The number of rotatable bonds is 5. The van der Waals surface area contributed by atoms with Gasteiger partial charge in [0.25, 0.3) is 5.91 Å². The lowest BCUT2D eigenvalue weighted by atomic mass is 10.2. The molecule has 9 nitrogen and oxygen atoms in total. The summed E-state index contributed by atoms with van der Waals surface area (Å²) in [6.07, 6.45) is -3.33. The smallest absolute Gasteiger partial charge is 0.416 e. The highest BCUT2D eigenvalue weighted by Gasteiger charge is 2.31. The second-order valence-corrected chi connectivity index (χ2v) is 7.05. The van der Waals surface area contributed by atoms with Gasteiger partial charge in [0.05, 0.1) is 29.7 Å². The number of imidazole rings is 1. The molecule has 1 atom stereocenters. The van der Waals surface area contributed by atoms with Crippen LogP contribution < -0.4 is 10.1 Å². The van der Waals surface area contributed by atoms with Gasteiger partial charge in [-0.1, -0.05) is 16.8 Å². The van der Waals surface area contributed by atoms with Crippen LogP contribution in [0.2, 0.25) is 5.02 Å². The number of nitrogens with zero attached hydrogens (tertiary/aromatic N) is 4. The molecule has 1 unspecified atom stereocenters. The minimum absolute atomic E-state index is 0.0431. The van der Waals surface area contributed by atoms with Crippen molar-refractivity contribution in [1.29, 1.82) is 0 Å². The molecule has 166 valence electrons. The standard InChI is InChI=1S/C19H14ClF3N6O3/c1-8(26-17(30)15-14(20)18(31-2)25-7-24-15)13-6-12(29-32-13)16-27-10-4-3-9(19(21,22)23)5-11(10)28-16/h3-8H,1-2H3,(H,26,30)(H,27,28). The van der Waals surface area contributed by atoms with Crippen molar-refractivity contribution in [3.63, 3.8) is 0 Å². The monoisotopic (exact) mass is 466 g/mol. The van der Waals surface area contributed by atoms with Gasteiger partial charge < -0.3 is 19.6 Å². The molecule has 0 spiro atoms. The number of alkyl halides is 3. The molecule has 0 aliphatic heterocycles. The number of hydrogen-bond acceptors (Lipinski definition) is 7. The summed E-state index contributed by atoms with van der Waals surface area (Å²) in [6, 6.07) is 4.06. The maximum atomic E-state index is 12.9. The van der Waals surface area contributed by atoms with Crippen molar-refractivity contribution < 1.29 is 27.2 Å². The van der Waals surface area contributed by atoms with Crippen molar-refractivity contribution in [2.45, 2.75) is 19.1 Å². The van der Waals surface area contributed by atoms with Crippen LogP contribution in [-0.4, -0.2) is 38.1 Å². The zero-order chi connectivity index (χ0) is 23.0. The average molecular weight is 467 g/mol. The fourth-order valence-corrected chi connectivity index (χ4v) is 3.16. The molecule has 1 aromatic carbocycles. The molecule has 2 N–H and O–H groups in total. The van der Waals surface area contributed by atoms with Crippen LogP contribution in [0.1, 0.15) is 34.8 Å². The zero-order valence-electron chi connectivity index (χ0n) is 16.5. The first kappa shape index (κ1) is 21.6. The Labute approximate surface area is 183 Å². The molecule has 0 saturated carbocycles. The lowest BCUT2D eigenvalue weighted by molar-refractivity contribution is -0.137. The lowest BCUT2D eigenvalue weighted by Crippen LogP contribution is -2.27. The third kappa shape index (κ3) is 4.08. The SMILES string of the molecule is COc1ncnc(C(=O)NC(C)c2cc(-c3nc4ccc(C(F)(F)F)cc4[nH]3)no2)c1Cl. The van der Waals surface area contributed by atoms with Crippen LogP contribution in [0, 0.1) is 0 Å². The number of ether oxygens (including phenoxy) is 1. The molecule has 4 rings (SSSR count). The van der Waals surface area contributed by atoms with E-state index in [1.54, 1.807) is 6.92 Å². The van der Waals surface area contributed by atoms with Gasteiger partial charge in [-0.3, -0.25) is 4.79 Å². The van der Waals surface area contributed by atoms with Crippen molar-refractivity contribution in [2.24, 2.45) is 0 Å². The molecule has 1 amide bonds. The number of halogens is 4. The van der Waals surface area contributed by atoms with Gasteiger partial charge in [0.15, 0.2) is 17.3 Å². The highest BCUT2D eigenvalue weighted by molar-refractivity contribution is 6.34. The second kappa shape index (κ2) is 8.11. The van der Waals surface area contributed by atoms with Crippen molar-refractivity contribution in [3.05, 3.63) is 52.6 Å². The lowest BCUT2D eigenvalue weighted by Gasteiger charge is -2.11. The van der Waals surface area contributed by atoms with Crippen LogP contribution in [0.5, 0.6) is 5.88 Å². The Morgan fingerprint density at radius 2 is 2.06 bits per heavy atom. The Kier molecular flexibility index (Phi) is 5.46. The fourth-order valence-electron chi connectivity index (χ4n) is 2.90. The number of carbonyl (C=O) groups is 1. The van der Waals surface area contributed by atoms with E-state index in [1.807, 2.05) is 0 Å². The number of hydrogen-bond donors (Lipinski definition) is 2. The molecular weight excluding hydrogens is 453 g/mol. The first-order valence-electron chi connectivity index (χ1n) is 9.06. The molecule has 0 bridgehead atoms. The molecule has 0 aliphatic rings. The molecule has 0 aliphatic carbocycles. The zero-order valence-corrected chi connectivity index (χ0v) is 17.2. The molecule has 3 aromatic heterocycles. The number of methoxy groups -OCH3 is 1. The number of nitrogens with one attached hydrogen (secondary N) is 2. The van der Waals surface area contributed by atoms with E-state index in [0.717, 1.165) is 18.5 Å². The molecular formula is C19H14ClF3N6O3. The van der Waals surface area contributed by atoms with E-state index in [0.29, 0.717) is 5.52 Å². The summed E-state index contributed by atoms with van der Waals surface area (Å²) in [4.78, 5) is 27.2. The number of fused-ring (bicyclic) bond motifs is 1. The summed E-state index contributed by atoms with van der Waals surface area (Å²) in [5, 5.41) is 6.50. The summed E-state index contributed by atoms with van der Waals surface area (Å²) in [6.45, 7) is 1.64. The normalized spacial score (nSPS) is 12.7. The van der Waals surface area contributed by atoms with E-state index in [-0.39, 0.29) is 39.4 Å². The van der Waals surface area contributed by atoms with E-state index >= 15 is 0 Å². The Bertz CT molecular complexity index is 1300. The van der Waals surface area contributed by atoms with E-state index in [4.69, 9.17) is 20.9 Å². The Balaban J connectivity index is 1.54. The Morgan fingerprint density at radius 3 is 2.78 bits per heavy atom. The van der Waals surface area contributed by atoms with Crippen molar-refractivity contribution >= 4 is 28.5 Å². The van der Waals surface area contributed by atoms with Gasteiger partial charge in [-0.15, -0.1) is 0 Å². The van der Waals surface area contributed by atoms with E-state index < -0.39 is 23.7 Å². The van der Waals surface area contributed by atoms with Crippen LogP contribution >= 0.6 is 11.6 Å². The molecule has 4 aromatic rings. The molecule has 32 heavy (non-hydrogen) atoms. The number of carbonyl (C=O) groups excluding carboxylic acids is 1. The maximum Gasteiger partial charge on any atom is 0.416 e. The molecule has 0 saturated heterocycles. The van der Waals surface area contributed by atoms with Gasteiger partial charge in [-0.2, -0.15) is 13.2 Å². The second-order valence-electron chi connectivity index (χ2n) is 6.67. The number of aromatic nitrogens is 5. The van der Waals surface area contributed by atoms with Crippen LogP contribution in [0.3, 0.4) is 0 Å². The van der Waals surface area contributed by atoms with Gasteiger partial charge in [-0.25, -0.2) is 15.0 Å². The van der Waals surface area contributed by atoms with Gasteiger partial charge in [0.2, 0.25) is 5.88 Å². The Hall–Kier alpha value is -3.67. The van der Waals surface area contributed by atoms with Gasteiger partial charge >= 0.3 is 6.18 Å². The van der Waals surface area contributed by atoms with Crippen LogP contribution in [0.15, 0.2) is 35.1 Å². The van der Waals surface area contributed by atoms with Gasteiger partial charge in [-0.05, 0) is 25.1 Å². The minimum Gasteiger partial charge on any atom is -0.480 e. The predicted octanol–water partition coefficient (Wildman–Crippen LogP) is 4.18. The van der Waals surface area contributed by atoms with Crippen molar-refractivity contribution in [1.82, 2.24) is 30.4 Å². The summed E-state index contributed by atoms with van der Waals surface area (Å²) in [7, 11) is 1.36. The first-order valence-corrected chi connectivity index (χ1v) is 9.44. The summed E-state index contributed by atoms with van der Waals surface area (Å²) >= 11 is 6.07. The third-order valence-electron chi connectivity index (χ3n) is 4.52. The topological polar surface area (TPSA) is 119 Å². The fraction of sp³-hybridized carbons (Fsp3) is 0.211. The van der Waals surface area contributed by atoms with E-state index in [1.165, 1.54) is 19.2 Å². The summed E-state index contributed by atoms with van der Waals surface area (Å²) in [5.74, 6) is -0.0390. The highest BCUT2D eigenvalue weighted by atomic mass is 35.5. The predicted molar refractivity (Wildman–Crippen MR) is 106 cm³/mol. The third-order valence-corrected chi connectivity index (χ3v) is 4.86. The van der Waals surface area contributed by atoms with Crippen molar-refractivity contribution in [3.8, 4) is 17.4 Å². The highest BCUT2D eigenvalue weighted by Crippen LogP contribution is 2.32. The van der Waals surface area contributed by atoms with Crippen LogP contribution in [-0.2, 0) is 6.18 Å². The summed E-state index contributed by atoms with van der Waals surface area (Å²) in [5.41, 5.74) is -0.0767. The van der Waals surface area contributed by atoms with Crippen LogP contribution in [0.25, 0.3) is 22.6 Å². The number of aromatic amines is 1. The van der Waals surface area contributed by atoms with E-state index in [9.17, 15) is 18.0 Å². The number of amides is 1. The van der Waals surface area contributed by atoms with Gasteiger partial charge in [0, 0.05) is 6.07 Å². The summed E-state index contributed by atoms with van der Waals surface area (Å²) < 4.78 is 49.0. The molecule has 0 radical (unpaired) electrons. The molecule has 0 fully saturated rings.